The largest absolute Gasteiger partial charge is 0.487 e. The number of benzene rings is 3. The summed E-state index contributed by atoms with van der Waals surface area (Å²) in [6, 6.07) is 17.6. The number of methoxy groups -OCH3 is 1. The van der Waals surface area contributed by atoms with Gasteiger partial charge in [-0.25, -0.2) is 18.6 Å². The van der Waals surface area contributed by atoms with Crippen molar-refractivity contribution >= 4 is 40.2 Å². The zero-order valence-corrected chi connectivity index (χ0v) is 19.1. The van der Waals surface area contributed by atoms with Crippen molar-refractivity contribution in [2.75, 3.05) is 7.11 Å². The Morgan fingerprint density at radius 2 is 1.79 bits per heavy atom. The highest BCUT2D eigenvalue weighted by atomic mass is 35.5. The number of carbonyl (C=O) groups is 1. The predicted molar refractivity (Wildman–Crippen MR) is 125 cm³/mol. The molecule has 3 aromatic carbocycles. The van der Waals surface area contributed by atoms with Gasteiger partial charge in [-0.3, -0.25) is 0 Å². The van der Waals surface area contributed by atoms with Crippen LogP contribution in [0.3, 0.4) is 0 Å². The molecule has 0 spiro atoms. The van der Waals surface area contributed by atoms with E-state index in [1.54, 1.807) is 36.4 Å². The average molecular weight is 486 g/mol. The van der Waals surface area contributed by atoms with E-state index in [-0.39, 0.29) is 34.5 Å². The molecule has 8 heteroatoms. The van der Waals surface area contributed by atoms with E-state index in [1.807, 2.05) is 6.07 Å². The molecular formula is C25H18ClF2NO3S. The van der Waals surface area contributed by atoms with E-state index in [4.69, 9.17) is 21.1 Å². The van der Waals surface area contributed by atoms with Crippen molar-refractivity contribution in [1.29, 1.82) is 0 Å². The van der Waals surface area contributed by atoms with Gasteiger partial charge in [-0.1, -0.05) is 48.0 Å². The number of hydrogen-bond acceptors (Lipinski definition) is 5. The maximum absolute atomic E-state index is 14.1. The van der Waals surface area contributed by atoms with Crippen LogP contribution in [0.4, 0.5) is 8.78 Å². The van der Waals surface area contributed by atoms with Gasteiger partial charge in [-0.2, -0.15) is 0 Å². The fraction of sp³-hybridized carbons (Fsp3) is 0.120. The SMILES string of the molecule is COC(=O)c1c(SCc2ccccc2F)nc2ccccc2c1OCc1ccc(F)cc1Cl. The van der Waals surface area contributed by atoms with E-state index in [2.05, 4.69) is 4.98 Å². The highest BCUT2D eigenvalue weighted by Crippen LogP contribution is 2.38. The molecule has 0 saturated heterocycles. The molecule has 33 heavy (non-hydrogen) atoms. The van der Waals surface area contributed by atoms with Gasteiger partial charge in [0.1, 0.15) is 34.6 Å². The molecule has 168 valence electrons. The summed E-state index contributed by atoms with van der Waals surface area (Å²) >= 11 is 7.35. The minimum atomic E-state index is -0.635. The van der Waals surface area contributed by atoms with Crippen molar-refractivity contribution in [3.05, 3.63) is 100 Å². The Morgan fingerprint density at radius 3 is 2.55 bits per heavy atom. The molecule has 1 aromatic heterocycles. The normalized spacial score (nSPS) is 10.9. The summed E-state index contributed by atoms with van der Waals surface area (Å²) in [4.78, 5) is 17.4. The Kier molecular flexibility index (Phi) is 7.11. The second-order valence-electron chi connectivity index (χ2n) is 7.03. The molecule has 0 bridgehead atoms. The van der Waals surface area contributed by atoms with Gasteiger partial charge in [-0.15, -0.1) is 11.8 Å². The van der Waals surface area contributed by atoms with E-state index in [0.29, 0.717) is 27.1 Å². The minimum absolute atomic E-state index is 0.00542. The van der Waals surface area contributed by atoms with E-state index in [0.717, 1.165) is 0 Å². The van der Waals surface area contributed by atoms with Gasteiger partial charge >= 0.3 is 5.97 Å². The lowest BCUT2D eigenvalue weighted by Crippen LogP contribution is -2.10. The number of thioether (sulfide) groups is 1. The fourth-order valence-corrected chi connectivity index (χ4v) is 4.48. The first kappa shape index (κ1) is 23.0. The van der Waals surface area contributed by atoms with Gasteiger partial charge in [0, 0.05) is 16.7 Å². The molecule has 0 aliphatic rings. The zero-order chi connectivity index (χ0) is 23.4. The van der Waals surface area contributed by atoms with Gasteiger partial charge in [0.15, 0.2) is 0 Å². The summed E-state index contributed by atoms with van der Waals surface area (Å²) in [5.41, 5.74) is 1.77. The minimum Gasteiger partial charge on any atom is -0.487 e. The first-order valence-electron chi connectivity index (χ1n) is 9.92. The molecule has 0 amide bonds. The number of hydrogen-bond donors (Lipinski definition) is 0. The van der Waals surface area contributed by atoms with Crippen molar-refractivity contribution in [2.45, 2.75) is 17.4 Å². The quantitative estimate of drug-likeness (QED) is 0.212. The first-order chi connectivity index (χ1) is 16.0. The Morgan fingerprint density at radius 1 is 1.03 bits per heavy atom. The van der Waals surface area contributed by atoms with E-state index in [9.17, 15) is 13.6 Å². The average Bonchev–Trinajstić information content (AvgIpc) is 2.82. The number of ether oxygens (including phenoxy) is 2. The molecular weight excluding hydrogens is 468 g/mol. The summed E-state index contributed by atoms with van der Waals surface area (Å²) in [5, 5.41) is 1.16. The molecule has 0 aliphatic carbocycles. The molecule has 4 nitrogen and oxygen atoms in total. The highest BCUT2D eigenvalue weighted by molar-refractivity contribution is 7.98. The lowest BCUT2D eigenvalue weighted by Gasteiger charge is -2.17. The van der Waals surface area contributed by atoms with Crippen molar-refractivity contribution in [3.8, 4) is 5.75 Å². The van der Waals surface area contributed by atoms with Crippen molar-refractivity contribution in [1.82, 2.24) is 4.98 Å². The summed E-state index contributed by atoms with van der Waals surface area (Å²) in [7, 11) is 1.27. The number of pyridine rings is 1. The number of nitrogens with zero attached hydrogens (tertiary/aromatic N) is 1. The third-order valence-electron chi connectivity index (χ3n) is 4.91. The number of halogens is 3. The fourth-order valence-electron chi connectivity index (χ4n) is 3.25. The third-order valence-corrected chi connectivity index (χ3v) is 6.29. The standard InChI is InChI=1S/C25H18ClF2NO3S/c1-31-25(30)22-23(32-13-15-10-11-17(27)12-19(15)26)18-7-3-5-9-21(18)29-24(22)33-14-16-6-2-4-8-20(16)28/h2-12H,13-14H2,1H3. The number of rotatable bonds is 7. The van der Waals surface area contributed by atoms with Crippen LogP contribution in [0.2, 0.25) is 5.02 Å². The van der Waals surface area contributed by atoms with Crippen LogP contribution in [-0.2, 0) is 17.1 Å². The maximum atomic E-state index is 14.1. The number of carbonyl (C=O) groups excluding carboxylic acids is 1. The van der Waals surface area contributed by atoms with E-state index in [1.165, 1.54) is 43.1 Å². The molecule has 0 N–H and O–H groups in total. The third kappa shape index (κ3) is 5.10. The van der Waals surface area contributed by atoms with Crippen LogP contribution in [0.15, 0.2) is 71.8 Å². The number of aromatic nitrogens is 1. The molecule has 0 saturated carbocycles. The van der Waals surface area contributed by atoms with Crippen LogP contribution < -0.4 is 4.74 Å². The topological polar surface area (TPSA) is 48.4 Å². The molecule has 0 atom stereocenters. The highest BCUT2D eigenvalue weighted by Gasteiger charge is 2.24. The van der Waals surface area contributed by atoms with Gasteiger partial charge in [-0.05, 0) is 35.9 Å². The summed E-state index contributed by atoms with van der Waals surface area (Å²) in [6.45, 7) is -0.00542. The molecule has 0 unspecified atom stereocenters. The van der Waals surface area contributed by atoms with Crippen LogP contribution in [0, 0.1) is 11.6 Å². The van der Waals surface area contributed by atoms with Gasteiger partial charge in [0.05, 0.1) is 17.6 Å². The Bertz CT molecular complexity index is 1330. The smallest absolute Gasteiger partial charge is 0.344 e. The molecule has 4 aromatic rings. The number of para-hydroxylation sites is 1. The molecule has 0 aliphatic heterocycles. The van der Waals surface area contributed by atoms with E-state index < -0.39 is 11.8 Å². The predicted octanol–water partition coefficient (Wildman–Crippen LogP) is 6.82. The Hall–Kier alpha value is -3.16. The van der Waals surface area contributed by atoms with Crippen LogP contribution in [0.5, 0.6) is 5.75 Å². The lowest BCUT2D eigenvalue weighted by molar-refractivity contribution is 0.0590. The number of esters is 1. The van der Waals surface area contributed by atoms with Crippen LogP contribution in [0.1, 0.15) is 21.5 Å². The van der Waals surface area contributed by atoms with Gasteiger partial charge in [0.25, 0.3) is 0 Å². The van der Waals surface area contributed by atoms with Crippen LogP contribution in [-0.4, -0.2) is 18.1 Å². The second-order valence-corrected chi connectivity index (χ2v) is 8.41. The molecule has 0 fully saturated rings. The Labute approximate surface area is 198 Å². The monoisotopic (exact) mass is 485 g/mol. The summed E-state index contributed by atoms with van der Waals surface area (Å²) in [5.74, 6) is -0.910. The maximum Gasteiger partial charge on any atom is 0.344 e. The van der Waals surface area contributed by atoms with E-state index >= 15 is 0 Å². The molecule has 0 radical (unpaired) electrons. The van der Waals surface area contributed by atoms with Crippen molar-refractivity contribution in [2.24, 2.45) is 0 Å². The lowest BCUT2D eigenvalue weighted by atomic mass is 10.1. The molecule has 4 rings (SSSR count). The first-order valence-corrected chi connectivity index (χ1v) is 11.3. The number of fused-ring (bicyclic) bond motifs is 1. The van der Waals surface area contributed by atoms with Crippen molar-refractivity contribution in [3.63, 3.8) is 0 Å². The van der Waals surface area contributed by atoms with Crippen LogP contribution >= 0.6 is 23.4 Å². The molecule has 1 heterocycles. The second kappa shape index (κ2) is 10.2. The van der Waals surface area contributed by atoms with Gasteiger partial charge < -0.3 is 9.47 Å². The zero-order valence-electron chi connectivity index (χ0n) is 17.5. The van der Waals surface area contributed by atoms with Crippen molar-refractivity contribution < 1.29 is 23.0 Å². The Balaban J connectivity index is 1.77. The summed E-state index contributed by atoms with van der Waals surface area (Å²) in [6.07, 6.45) is 0. The summed E-state index contributed by atoms with van der Waals surface area (Å²) < 4.78 is 38.6. The van der Waals surface area contributed by atoms with Gasteiger partial charge in [0.2, 0.25) is 0 Å². The van der Waals surface area contributed by atoms with Crippen LogP contribution in [0.25, 0.3) is 10.9 Å².